The highest BCUT2D eigenvalue weighted by Crippen LogP contribution is 2.32. The Bertz CT molecular complexity index is 1070. The summed E-state index contributed by atoms with van der Waals surface area (Å²) in [5.41, 5.74) is 6.13. The van der Waals surface area contributed by atoms with Gasteiger partial charge >= 0.3 is 0 Å². The normalized spacial score (nSPS) is 11.8. The van der Waals surface area contributed by atoms with E-state index in [1.54, 1.807) is 6.07 Å². The molecular formula is C14H10Cl2N4O3S. The smallest absolute Gasteiger partial charge is 0.268 e. The average molecular weight is 385 g/mol. The third kappa shape index (κ3) is 2.83. The van der Waals surface area contributed by atoms with Crippen LogP contribution in [0.4, 0.5) is 0 Å². The molecule has 0 aliphatic carbocycles. The van der Waals surface area contributed by atoms with Crippen LogP contribution in [0.2, 0.25) is 10.0 Å². The van der Waals surface area contributed by atoms with Gasteiger partial charge in [-0.1, -0.05) is 23.2 Å². The highest BCUT2D eigenvalue weighted by Gasteiger charge is 2.18. The molecule has 7 nitrogen and oxygen atoms in total. The van der Waals surface area contributed by atoms with Crippen molar-refractivity contribution in [2.45, 2.75) is 4.90 Å². The number of aromatic nitrogens is 3. The maximum Gasteiger partial charge on any atom is 0.268 e. The van der Waals surface area contributed by atoms with E-state index < -0.39 is 15.7 Å². The first-order valence-electron chi connectivity index (χ1n) is 6.52. The van der Waals surface area contributed by atoms with Crippen LogP contribution >= 0.6 is 23.2 Å². The first kappa shape index (κ1) is 16.7. The van der Waals surface area contributed by atoms with Gasteiger partial charge in [-0.05, 0) is 18.2 Å². The molecule has 0 fully saturated rings. The van der Waals surface area contributed by atoms with Crippen LogP contribution in [0.3, 0.4) is 0 Å². The van der Waals surface area contributed by atoms with Gasteiger partial charge < -0.3 is 5.73 Å². The number of carbonyl (C=O) groups excluding carboxylic acids is 1. The lowest BCUT2D eigenvalue weighted by Crippen LogP contribution is -2.12. The summed E-state index contributed by atoms with van der Waals surface area (Å²) in [5.74, 6) is -0.690. The molecule has 24 heavy (non-hydrogen) atoms. The van der Waals surface area contributed by atoms with E-state index in [4.69, 9.17) is 28.9 Å². The van der Waals surface area contributed by atoms with E-state index in [2.05, 4.69) is 10.1 Å². The number of amides is 1. The Kier molecular flexibility index (Phi) is 3.98. The lowest BCUT2D eigenvalue weighted by Gasteiger charge is -2.09. The molecule has 0 aliphatic heterocycles. The van der Waals surface area contributed by atoms with Crippen molar-refractivity contribution in [2.24, 2.45) is 5.73 Å². The predicted molar refractivity (Wildman–Crippen MR) is 90.5 cm³/mol. The molecule has 3 aromatic rings. The van der Waals surface area contributed by atoms with Gasteiger partial charge in [-0.15, -0.1) is 0 Å². The Balaban J connectivity index is 2.25. The van der Waals surface area contributed by atoms with Gasteiger partial charge in [0.1, 0.15) is 11.4 Å². The summed E-state index contributed by atoms with van der Waals surface area (Å²) in [7, 11) is -3.46. The quantitative estimate of drug-likeness (QED) is 0.744. The van der Waals surface area contributed by atoms with Gasteiger partial charge in [0.25, 0.3) is 5.91 Å². The van der Waals surface area contributed by atoms with Crippen molar-refractivity contribution in [3.8, 4) is 5.69 Å². The van der Waals surface area contributed by atoms with Gasteiger partial charge in [-0.2, -0.15) is 5.10 Å². The van der Waals surface area contributed by atoms with Gasteiger partial charge in [-0.25, -0.2) is 13.1 Å². The van der Waals surface area contributed by atoms with E-state index in [9.17, 15) is 13.2 Å². The SMILES string of the molecule is CS(=O)(=O)c1cc(Cl)c(-n2cc3c(C(N)=O)nccc3n2)c(Cl)c1. The number of pyridine rings is 1. The van der Waals surface area contributed by atoms with Crippen molar-refractivity contribution >= 4 is 49.8 Å². The van der Waals surface area contributed by atoms with Crippen LogP contribution in [-0.4, -0.2) is 35.3 Å². The minimum atomic E-state index is -3.46. The van der Waals surface area contributed by atoms with Gasteiger partial charge in [-0.3, -0.25) is 9.78 Å². The van der Waals surface area contributed by atoms with E-state index in [0.29, 0.717) is 10.9 Å². The fourth-order valence-corrected chi connectivity index (χ4v) is 3.68. The van der Waals surface area contributed by atoms with E-state index in [-0.39, 0.29) is 26.3 Å². The second-order valence-electron chi connectivity index (χ2n) is 5.04. The van der Waals surface area contributed by atoms with Crippen molar-refractivity contribution < 1.29 is 13.2 Å². The van der Waals surface area contributed by atoms with Gasteiger partial charge in [0.2, 0.25) is 0 Å². The highest BCUT2D eigenvalue weighted by atomic mass is 35.5. The average Bonchev–Trinajstić information content (AvgIpc) is 2.88. The molecule has 0 saturated heterocycles. The summed E-state index contributed by atoms with van der Waals surface area (Å²) in [6, 6.07) is 4.18. The molecule has 1 amide bonds. The number of nitrogens with two attached hydrogens (primary N) is 1. The number of fused-ring (bicyclic) bond motifs is 1. The molecule has 0 unspecified atom stereocenters. The molecule has 2 N–H and O–H groups in total. The van der Waals surface area contributed by atoms with Crippen LogP contribution in [0.15, 0.2) is 35.5 Å². The third-order valence-electron chi connectivity index (χ3n) is 3.32. The minimum Gasteiger partial charge on any atom is -0.364 e. The molecule has 10 heteroatoms. The highest BCUT2D eigenvalue weighted by molar-refractivity contribution is 7.90. The first-order valence-corrected chi connectivity index (χ1v) is 9.17. The van der Waals surface area contributed by atoms with Crippen LogP contribution in [0.25, 0.3) is 16.6 Å². The summed E-state index contributed by atoms with van der Waals surface area (Å²) in [6.07, 6.45) is 3.98. The summed E-state index contributed by atoms with van der Waals surface area (Å²) in [6.45, 7) is 0. The molecule has 0 saturated carbocycles. The molecule has 124 valence electrons. The Hall–Kier alpha value is -2.16. The zero-order chi connectivity index (χ0) is 17.6. The second-order valence-corrected chi connectivity index (χ2v) is 7.87. The summed E-state index contributed by atoms with van der Waals surface area (Å²) < 4.78 is 24.6. The van der Waals surface area contributed by atoms with Crippen molar-refractivity contribution in [3.63, 3.8) is 0 Å². The molecule has 0 atom stereocenters. The van der Waals surface area contributed by atoms with Crippen molar-refractivity contribution in [1.29, 1.82) is 0 Å². The standard InChI is InChI=1S/C14H10Cl2N4O3S/c1-24(22,23)7-4-9(15)13(10(16)5-7)20-6-8-11(19-20)2-3-18-12(8)14(17)21/h2-6H,1H3,(H2,17,21). The number of primary amides is 1. The van der Waals surface area contributed by atoms with Crippen molar-refractivity contribution in [3.05, 3.63) is 46.3 Å². The van der Waals surface area contributed by atoms with Crippen LogP contribution in [0.5, 0.6) is 0 Å². The predicted octanol–water partition coefficient (Wildman–Crippen LogP) is 2.23. The Morgan fingerprint density at radius 3 is 2.42 bits per heavy atom. The number of halogens is 2. The summed E-state index contributed by atoms with van der Waals surface area (Å²) in [5, 5.41) is 4.93. The van der Waals surface area contributed by atoms with Gasteiger partial charge in [0.15, 0.2) is 9.84 Å². The number of rotatable bonds is 3. The zero-order valence-corrected chi connectivity index (χ0v) is 14.5. The lowest BCUT2D eigenvalue weighted by molar-refractivity contribution is 0.0997. The maximum absolute atomic E-state index is 11.6. The Morgan fingerprint density at radius 2 is 1.88 bits per heavy atom. The first-order chi connectivity index (χ1) is 11.2. The molecule has 0 spiro atoms. The largest absolute Gasteiger partial charge is 0.364 e. The van der Waals surface area contributed by atoms with E-state index in [1.165, 1.54) is 29.2 Å². The summed E-state index contributed by atoms with van der Waals surface area (Å²) in [4.78, 5) is 15.4. The van der Waals surface area contributed by atoms with E-state index in [0.717, 1.165) is 6.26 Å². The topological polar surface area (TPSA) is 108 Å². The fraction of sp³-hybridized carbons (Fsp3) is 0.0714. The lowest BCUT2D eigenvalue weighted by atomic mass is 10.2. The summed E-state index contributed by atoms with van der Waals surface area (Å²) >= 11 is 12.4. The molecule has 3 rings (SSSR count). The Morgan fingerprint density at radius 1 is 1.25 bits per heavy atom. The number of sulfone groups is 1. The van der Waals surface area contributed by atoms with E-state index in [1.807, 2.05) is 0 Å². The molecular weight excluding hydrogens is 375 g/mol. The van der Waals surface area contributed by atoms with Gasteiger partial charge in [0, 0.05) is 18.6 Å². The number of hydrogen-bond donors (Lipinski definition) is 1. The molecule has 0 radical (unpaired) electrons. The van der Waals surface area contributed by atoms with Crippen molar-refractivity contribution in [1.82, 2.24) is 14.8 Å². The third-order valence-corrected chi connectivity index (χ3v) is 4.98. The molecule has 2 heterocycles. The molecule has 0 bridgehead atoms. The zero-order valence-electron chi connectivity index (χ0n) is 12.2. The Labute approximate surface area is 146 Å². The van der Waals surface area contributed by atoms with Crippen molar-refractivity contribution in [2.75, 3.05) is 6.26 Å². The fourth-order valence-electron chi connectivity index (χ4n) is 2.23. The number of nitrogens with zero attached hydrogens (tertiary/aromatic N) is 3. The van der Waals surface area contributed by atoms with Crippen LogP contribution < -0.4 is 5.73 Å². The van der Waals surface area contributed by atoms with Crippen LogP contribution in [-0.2, 0) is 9.84 Å². The number of benzene rings is 1. The maximum atomic E-state index is 11.6. The molecule has 1 aromatic carbocycles. The van der Waals surface area contributed by atoms with Crippen LogP contribution in [0.1, 0.15) is 10.5 Å². The molecule has 0 aliphatic rings. The second kappa shape index (κ2) is 5.73. The number of hydrogen-bond acceptors (Lipinski definition) is 5. The minimum absolute atomic E-state index is 0.00236. The number of carbonyl (C=O) groups is 1. The van der Waals surface area contributed by atoms with E-state index >= 15 is 0 Å². The van der Waals surface area contributed by atoms with Gasteiger partial charge in [0.05, 0.1) is 25.8 Å². The van der Waals surface area contributed by atoms with Crippen LogP contribution in [0, 0.1) is 0 Å². The monoisotopic (exact) mass is 384 g/mol. The molecule has 2 aromatic heterocycles.